The second-order valence-corrected chi connectivity index (χ2v) is 6.87. The molecular weight excluding hydrogens is 256 g/mol. The van der Waals surface area contributed by atoms with Crippen molar-refractivity contribution in [1.82, 2.24) is 9.44 Å². The van der Waals surface area contributed by atoms with E-state index in [0.29, 0.717) is 12.3 Å². The number of hydrogen-bond donors (Lipinski definition) is 3. The van der Waals surface area contributed by atoms with Crippen molar-refractivity contribution in [1.29, 1.82) is 0 Å². The number of carbonyl (C=O) groups is 1. The van der Waals surface area contributed by atoms with Crippen LogP contribution in [0.4, 0.5) is 0 Å². The van der Waals surface area contributed by atoms with Crippen LogP contribution in [0.3, 0.4) is 0 Å². The first-order valence-electron chi connectivity index (χ1n) is 6.27. The number of nitrogens with one attached hydrogen (secondary N) is 2. The quantitative estimate of drug-likeness (QED) is 0.579. The minimum Gasteiger partial charge on any atom is -0.481 e. The zero-order valence-corrected chi connectivity index (χ0v) is 11.7. The van der Waals surface area contributed by atoms with Crippen molar-refractivity contribution in [3.8, 4) is 0 Å². The molecule has 0 amide bonds. The Kier molecular flexibility index (Phi) is 5.55. The molecule has 1 rings (SSSR count). The molecule has 1 aliphatic rings. The number of rotatable bonds is 9. The molecule has 6 nitrogen and oxygen atoms in total. The van der Waals surface area contributed by atoms with E-state index in [-0.39, 0.29) is 24.9 Å². The average Bonchev–Trinajstić information content (AvgIpc) is 2.96. The summed E-state index contributed by atoms with van der Waals surface area (Å²) in [5, 5.41) is 8.79. The van der Waals surface area contributed by atoms with E-state index in [9.17, 15) is 13.2 Å². The molecule has 1 saturated carbocycles. The van der Waals surface area contributed by atoms with Crippen LogP contribution < -0.4 is 9.44 Å². The Balaban J connectivity index is 2.41. The van der Waals surface area contributed by atoms with Gasteiger partial charge in [-0.15, -0.1) is 0 Å². The van der Waals surface area contributed by atoms with Gasteiger partial charge in [0, 0.05) is 19.0 Å². The van der Waals surface area contributed by atoms with E-state index in [1.54, 1.807) is 0 Å². The summed E-state index contributed by atoms with van der Waals surface area (Å²) in [4.78, 5) is 10.7. The zero-order chi connectivity index (χ0) is 13.8. The standard InChI is InChI=1S/C11H22N2O4S/c1-8(2)5-9(6-11(14)15)7-12-18(16,17)13-10-3-4-10/h8-10,12-13H,3-7H2,1-2H3,(H,14,15)/t9-/m0/s1. The highest BCUT2D eigenvalue weighted by molar-refractivity contribution is 7.87. The Morgan fingerprint density at radius 3 is 2.44 bits per heavy atom. The van der Waals surface area contributed by atoms with Crippen LogP contribution in [0, 0.1) is 11.8 Å². The van der Waals surface area contributed by atoms with Gasteiger partial charge in [-0.1, -0.05) is 13.8 Å². The fourth-order valence-corrected chi connectivity index (χ4v) is 3.06. The molecule has 106 valence electrons. The molecule has 1 fully saturated rings. The summed E-state index contributed by atoms with van der Waals surface area (Å²) < 4.78 is 28.1. The summed E-state index contributed by atoms with van der Waals surface area (Å²) in [6, 6.07) is 0.0607. The molecule has 0 heterocycles. The lowest BCUT2D eigenvalue weighted by Crippen LogP contribution is -2.40. The lowest BCUT2D eigenvalue weighted by molar-refractivity contribution is -0.138. The van der Waals surface area contributed by atoms with Crippen LogP contribution in [-0.2, 0) is 15.0 Å². The topological polar surface area (TPSA) is 95.5 Å². The Morgan fingerprint density at radius 1 is 1.39 bits per heavy atom. The summed E-state index contributed by atoms with van der Waals surface area (Å²) in [7, 11) is -3.48. The number of aliphatic carboxylic acids is 1. The van der Waals surface area contributed by atoms with Gasteiger partial charge in [0.15, 0.2) is 0 Å². The first-order valence-corrected chi connectivity index (χ1v) is 7.75. The van der Waals surface area contributed by atoms with Gasteiger partial charge in [-0.2, -0.15) is 13.1 Å². The molecule has 1 aliphatic carbocycles. The smallest absolute Gasteiger partial charge is 0.303 e. The van der Waals surface area contributed by atoms with Crippen molar-refractivity contribution in [2.75, 3.05) is 6.54 Å². The third kappa shape index (κ3) is 6.93. The summed E-state index contributed by atoms with van der Waals surface area (Å²) in [5.74, 6) is -0.719. The molecule has 0 spiro atoms. The normalized spacial score (nSPS) is 17.9. The van der Waals surface area contributed by atoms with Crippen LogP contribution in [0.15, 0.2) is 0 Å². The first kappa shape index (κ1) is 15.4. The molecule has 0 aliphatic heterocycles. The van der Waals surface area contributed by atoms with Crippen LogP contribution in [0.1, 0.15) is 39.5 Å². The van der Waals surface area contributed by atoms with E-state index in [0.717, 1.165) is 12.8 Å². The van der Waals surface area contributed by atoms with E-state index >= 15 is 0 Å². The lowest BCUT2D eigenvalue weighted by Gasteiger charge is -2.18. The fraction of sp³-hybridized carbons (Fsp3) is 0.909. The van der Waals surface area contributed by atoms with Gasteiger partial charge in [0.2, 0.25) is 0 Å². The van der Waals surface area contributed by atoms with Crippen molar-refractivity contribution in [2.45, 2.75) is 45.6 Å². The third-order valence-corrected chi connectivity index (χ3v) is 3.92. The van der Waals surface area contributed by atoms with Crippen LogP contribution in [0.5, 0.6) is 0 Å². The second-order valence-electron chi connectivity index (χ2n) is 5.34. The predicted octanol–water partition coefficient (Wildman–Crippen LogP) is 0.710. The van der Waals surface area contributed by atoms with E-state index in [4.69, 9.17) is 5.11 Å². The molecule has 3 N–H and O–H groups in total. The predicted molar refractivity (Wildman–Crippen MR) is 68.3 cm³/mol. The molecule has 18 heavy (non-hydrogen) atoms. The van der Waals surface area contributed by atoms with Gasteiger partial charge in [0.25, 0.3) is 10.2 Å². The molecule has 0 bridgehead atoms. The molecule has 7 heteroatoms. The zero-order valence-electron chi connectivity index (χ0n) is 10.8. The minimum absolute atomic E-state index is 0.00979. The molecular formula is C11H22N2O4S. The van der Waals surface area contributed by atoms with Crippen molar-refractivity contribution in [2.24, 2.45) is 11.8 Å². The van der Waals surface area contributed by atoms with Gasteiger partial charge in [-0.05, 0) is 31.1 Å². The average molecular weight is 278 g/mol. The van der Waals surface area contributed by atoms with Crippen LogP contribution in [0.2, 0.25) is 0 Å². The van der Waals surface area contributed by atoms with Crippen molar-refractivity contribution in [3.05, 3.63) is 0 Å². The third-order valence-electron chi connectivity index (χ3n) is 2.73. The first-order chi connectivity index (χ1) is 8.28. The van der Waals surface area contributed by atoms with E-state index in [1.807, 2.05) is 13.8 Å². The van der Waals surface area contributed by atoms with Crippen LogP contribution >= 0.6 is 0 Å². The van der Waals surface area contributed by atoms with E-state index in [2.05, 4.69) is 9.44 Å². The Labute approximate surface area is 108 Å². The summed E-state index contributed by atoms with van der Waals surface area (Å²) >= 11 is 0. The number of carboxylic acid groups (broad SMARTS) is 1. The molecule has 1 atom stereocenters. The number of hydrogen-bond acceptors (Lipinski definition) is 3. The molecule has 0 aromatic rings. The van der Waals surface area contributed by atoms with E-state index in [1.165, 1.54) is 0 Å². The maximum atomic E-state index is 11.6. The van der Waals surface area contributed by atoms with E-state index < -0.39 is 16.2 Å². The summed E-state index contributed by atoms with van der Waals surface area (Å²) in [5.41, 5.74) is 0. The van der Waals surface area contributed by atoms with Crippen LogP contribution in [-0.4, -0.2) is 32.1 Å². The SMILES string of the molecule is CC(C)C[C@H](CNS(=O)(=O)NC1CC1)CC(=O)O. The van der Waals surface area contributed by atoms with Crippen molar-refractivity contribution < 1.29 is 18.3 Å². The van der Waals surface area contributed by atoms with Gasteiger partial charge < -0.3 is 5.11 Å². The molecule has 0 unspecified atom stereocenters. The Bertz CT molecular complexity index is 377. The van der Waals surface area contributed by atoms with Gasteiger partial charge in [0.05, 0.1) is 0 Å². The van der Waals surface area contributed by atoms with Crippen LogP contribution in [0.25, 0.3) is 0 Å². The largest absolute Gasteiger partial charge is 0.481 e. The van der Waals surface area contributed by atoms with Crippen molar-refractivity contribution >= 4 is 16.2 Å². The Hall–Kier alpha value is -0.660. The molecule has 0 aromatic carbocycles. The highest BCUT2D eigenvalue weighted by Crippen LogP contribution is 2.19. The highest BCUT2D eigenvalue weighted by atomic mass is 32.2. The highest BCUT2D eigenvalue weighted by Gasteiger charge is 2.27. The molecule has 0 radical (unpaired) electrons. The maximum Gasteiger partial charge on any atom is 0.303 e. The number of carboxylic acids is 1. The minimum atomic E-state index is -3.48. The monoisotopic (exact) mass is 278 g/mol. The van der Waals surface area contributed by atoms with Gasteiger partial charge >= 0.3 is 5.97 Å². The fourth-order valence-electron chi connectivity index (χ4n) is 1.84. The Morgan fingerprint density at radius 2 is 2.00 bits per heavy atom. The second kappa shape index (κ2) is 6.49. The molecule has 0 saturated heterocycles. The summed E-state index contributed by atoms with van der Waals surface area (Å²) in [6.45, 7) is 4.16. The lowest BCUT2D eigenvalue weighted by atomic mass is 9.94. The van der Waals surface area contributed by atoms with Crippen molar-refractivity contribution in [3.63, 3.8) is 0 Å². The summed E-state index contributed by atoms with van der Waals surface area (Å²) in [6.07, 6.45) is 2.44. The van der Waals surface area contributed by atoms with Gasteiger partial charge in [0.1, 0.15) is 0 Å². The maximum absolute atomic E-state index is 11.6. The molecule has 0 aromatic heterocycles. The van der Waals surface area contributed by atoms with Gasteiger partial charge in [-0.25, -0.2) is 4.72 Å². The van der Waals surface area contributed by atoms with Gasteiger partial charge in [-0.3, -0.25) is 4.79 Å².